The summed E-state index contributed by atoms with van der Waals surface area (Å²) in [5.41, 5.74) is 2.35. The summed E-state index contributed by atoms with van der Waals surface area (Å²) in [7, 11) is 0. The standard InChI is InChI=1S/C22H16S3/c1-13(2)23-15(4)6-7-16-8-10-18-20(12-16)25-21-17-9-5-14(3)11-19(17)24-22(18)21/h5,8-12H,1,4H2,2-3H3. The highest BCUT2D eigenvalue weighted by molar-refractivity contribution is 8.06. The number of fused-ring (bicyclic) bond motifs is 5. The smallest absolute Gasteiger partial charge is 0.0549 e. The SMILES string of the molecule is C=C(C)SC(=C)C#Cc1ccc2c(c1)sc1c3ccc(C)cc3sc21. The van der Waals surface area contributed by atoms with Crippen LogP contribution in [0.1, 0.15) is 18.1 Å². The van der Waals surface area contributed by atoms with Crippen molar-refractivity contribution in [3.63, 3.8) is 0 Å². The summed E-state index contributed by atoms with van der Waals surface area (Å²) < 4.78 is 5.46. The fourth-order valence-corrected chi connectivity index (χ4v) is 6.13. The molecule has 0 unspecified atom stereocenters. The van der Waals surface area contributed by atoms with E-state index in [0.717, 1.165) is 15.4 Å². The quantitative estimate of drug-likeness (QED) is 0.323. The molecule has 0 amide bonds. The zero-order chi connectivity index (χ0) is 17.6. The third kappa shape index (κ3) is 3.14. The van der Waals surface area contributed by atoms with Crippen LogP contribution in [0.2, 0.25) is 0 Å². The van der Waals surface area contributed by atoms with E-state index in [1.165, 1.54) is 46.9 Å². The average Bonchev–Trinajstić information content (AvgIpc) is 3.07. The topological polar surface area (TPSA) is 0 Å². The molecule has 4 aromatic rings. The normalized spacial score (nSPS) is 11.0. The van der Waals surface area contributed by atoms with Crippen LogP contribution >= 0.6 is 34.4 Å². The second kappa shape index (κ2) is 6.38. The molecule has 2 heterocycles. The van der Waals surface area contributed by atoms with Crippen LogP contribution in [0.25, 0.3) is 29.6 Å². The lowest BCUT2D eigenvalue weighted by Crippen LogP contribution is -1.74. The Kier molecular flexibility index (Phi) is 4.21. The Morgan fingerprint density at radius 2 is 1.60 bits per heavy atom. The summed E-state index contributed by atoms with van der Waals surface area (Å²) in [4.78, 5) is 1.84. The summed E-state index contributed by atoms with van der Waals surface area (Å²) in [6.45, 7) is 12.0. The van der Waals surface area contributed by atoms with Gasteiger partial charge in [-0.1, -0.05) is 55.0 Å². The van der Waals surface area contributed by atoms with Crippen molar-refractivity contribution < 1.29 is 0 Å². The van der Waals surface area contributed by atoms with Gasteiger partial charge in [0.15, 0.2) is 0 Å². The van der Waals surface area contributed by atoms with Crippen LogP contribution in [0.5, 0.6) is 0 Å². The zero-order valence-corrected chi connectivity index (χ0v) is 16.6. The van der Waals surface area contributed by atoms with Crippen molar-refractivity contribution in [1.29, 1.82) is 0 Å². The van der Waals surface area contributed by atoms with Gasteiger partial charge < -0.3 is 0 Å². The number of aryl methyl sites for hydroxylation is 1. The zero-order valence-electron chi connectivity index (χ0n) is 14.1. The fourth-order valence-electron chi connectivity index (χ4n) is 2.82. The monoisotopic (exact) mass is 376 g/mol. The maximum absolute atomic E-state index is 3.97. The van der Waals surface area contributed by atoms with Gasteiger partial charge >= 0.3 is 0 Å². The average molecular weight is 377 g/mol. The van der Waals surface area contributed by atoms with E-state index >= 15 is 0 Å². The lowest BCUT2D eigenvalue weighted by atomic mass is 10.1. The molecule has 0 atom stereocenters. The van der Waals surface area contributed by atoms with Gasteiger partial charge in [-0.05, 0) is 42.5 Å². The first-order valence-electron chi connectivity index (χ1n) is 7.91. The molecule has 0 nitrogen and oxygen atoms in total. The Balaban J connectivity index is 1.79. The number of hydrogen-bond donors (Lipinski definition) is 0. The van der Waals surface area contributed by atoms with E-state index < -0.39 is 0 Å². The molecule has 0 N–H and O–H groups in total. The third-order valence-electron chi connectivity index (χ3n) is 3.88. The molecule has 122 valence electrons. The summed E-state index contributed by atoms with van der Waals surface area (Å²) in [6, 6.07) is 13.2. The van der Waals surface area contributed by atoms with Crippen molar-refractivity contribution in [3.8, 4) is 11.8 Å². The molecular weight excluding hydrogens is 360 g/mol. The van der Waals surface area contributed by atoms with Crippen LogP contribution in [0, 0.1) is 18.8 Å². The van der Waals surface area contributed by atoms with Gasteiger partial charge in [0.05, 0.1) is 14.3 Å². The second-order valence-corrected chi connectivity index (χ2v) is 9.55. The molecule has 0 aliphatic rings. The van der Waals surface area contributed by atoms with Crippen molar-refractivity contribution in [1.82, 2.24) is 0 Å². The molecular formula is C22H16S3. The predicted molar refractivity (Wildman–Crippen MR) is 118 cm³/mol. The van der Waals surface area contributed by atoms with E-state index in [9.17, 15) is 0 Å². The van der Waals surface area contributed by atoms with Crippen LogP contribution in [0.4, 0.5) is 0 Å². The number of rotatable bonds is 2. The lowest BCUT2D eigenvalue weighted by Gasteiger charge is -1.95. The summed E-state index contributed by atoms with van der Waals surface area (Å²) in [5, 5.41) is 2.70. The van der Waals surface area contributed by atoms with Gasteiger partial charge in [-0.2, -0.15) is 0 Å². The molecule has 0 spiro atoms. The molecule has 0 saturated carbocycles. The lowest BCUT2D eigenvalue weighted by molar-refractivity contribution is 1.52. The maximum atomic E-state index is 3.97. The van der Waals surface area contributed by atoms with Crippen LogP contribution in [-0.4, -0.2) is 0 Å². The first-order chi connectivity index (χ1) is 12.0. The van der Waals surface area contributed by atoms with Crippen LogP contribution < -0.4 is 0 Å². The Labute approximate surface area is 159 Å². The van der Waals surface area contributed by atoms with E-state index in [2.05, 4.69) is 68.3 Å². The number of allylic oxidation sites excluding steroid dienone is 2. The minimum Gasteiger partial charge on any atom is -0.134 e. The molecule has 2 aromatic carbocycles. The molecule has 0 fully saturated rings. The summed E-state index contributed by atoms with van der Waals surface area (Å²) >= 11 is 5.28. The van der Waals surface area contributed by atoms with Gasteiger partial charge in [-0.3, -0.25) is 0 Å². The minimum atomic E-state index is 0.834. The van der Waals surface area contributed by atoms with Crippen molar-refractivity contribution in [2.24, 2.45) is 0 Å². The van der Waals surface area contributed by atoms with Crippen LogP contribution in [0.15, 0.2) is 59.4 Å². The molecule has 4 rings (SSSR count). The molecule has 25 heavy (non-hydrogen) atoms. The van der Waals surface area contributed by atoms with E-state index in [-0.39, 0.29) is 0 Å². The molecule has 0 radical (unpaired) electrons. The van der Waals surface area contributed by atoms with Crippen molar-refractivity contribution in [3.05, 3.63) is 70.5 Å². The first kappa shape index (κ1) is 16.5. The van der Waals surface area contributed by atoms with Gasteiger partial charge in [0.1, 0.15) is 0 Å². The molecule has 3 heteroatoms. The van der Waals surface area contributed by atoms with E-state index in [4.69, 9.17) is 0 Å². The van der Waals surface area contributed by atoms with E-state index in [1.54, 1.807) is 0 Å². The number of thioether (sulfide) groups is 1. The Morgan fingerprint density at radius 3 is 2.28 bits per heavy atom. The van der Waals surface area contributed by atoms with Gasteiger partial charge in [0.2, 0.25) is 0 Å². The highest BCUT2D eigenvalue weighted by Gasteiger charge is 2.12. The Hall–Kier alpha value is -1.99. The molecule has 0 aliphatic carbocycles. The van der Waals surface area contributed by atoms with Gasteiger partial charge in [-0.25, -0.2) is 0 Å². The van der Waals surface area contributed by atoms with Gasteiger partial charge in [-0.15, -0.1) is 22.7 Å². The van der Waals surface area contributed by atoms with Crippen molar-refractivity contribution in [2.45, 2.75) is 13.8 Å². The molecule has 0 aliphatic heterocycles. The van der Waals surface area contributed by atoms with E-state index in [0.29, 0.717) is 0 Å². The molecule has 2 aromatic heterocycles. The highest BCUT2D eigenvalue weighted by atomic mass is 32.2. The maximum Gasteiger partial charge on any atom is 0.0549 e. The Bertz CT molecular complexity index is 1220. The van der Waals surface area contributed by atoms with Crippen molar-refractivity contribution >= 4 is 64.0 Å². The summed E-state index contributed by atoms with van der Waals surface area (Å²) in [5.74, 6) is 6.34. The highest BCUT2D eigenvalue weighted by Crippen LogP contribution is 2.44. The van der Waals surface area contributed by atoms with E-state index in [1.807, 2.05) is 29.6 Å². The predicted octanol–water partition coefficient (Wildman–Crippen LogP) is 7.71. The molecule has 0 saturated heterocycles. The fraction of sp³-hybridized carbons (Fsp3) is 0.0909. The Morgan fingerprint density at radius 1 is 0.960 bits per heavy atom. The first-order valence-corrected chi connectivity index (χ1v) is 10.4. The molecule has 0 bridgehead atoms. The number of thiophene rings is 2. The largest absolute Gasteiger partial charge is 0.134 e. The second-order valence-electron chi connectivity index (χ2n) is 6.05. The van der Waals surface area contributed by atoms with Gasteiger partial charge in [0, 0.05) is 25.7 Å². The van der Waals surface area contributed by atoms with Crippen LogP contribution in [0.3, 0.4) is 0 Å². The minimum absolute atomic E-state index is 0.834. The van der Waals surface area contributed by atoms with Crippen LogP contribution in [-0.2, 0) is 0 Å². The summed E-state index contributed by atoms with van der Waals surface area (Å²) in [6.07, 6.45) is 0. The van der Waals surface area contributed by atoms with Crippen molar-refractivity contribution in [2.75, 3.05) is 0 Å². The number of hydrogen-bond acceptors (Lipinski definition) is 3. The third-order valence-corrected chi connectivity index (χ3v) is 7.08. The van der Waals surface area contributed by atoms with Gasteiger partial charge in [0.25, 0.3) is 0 Å². The number of benzene rings is 2.